The van der Waals surface area contributed by atoms with Crippen LogP contribution in [0.15, 0.2) is 71.7 Å². The van der Waals surface area contributed by atoms with Gasteiger partial charge in [-0.05, 0) is 54.1 Å². The second-order valence-electron chi connectivity index (χ2n) is 6.84. The van der Waals surface area contributed by atoms with Crippen LogP contribution in [0.1, 0.15) is 21.5 Å². The quantitative estimate of drug-likeness (QED) is 0.547. The van der Waals surface area contributed by atoms with E-state index in [-0.39, 0.29) is 12.2 Å². The summed E-state index contributed by atoms with van der Waals surface area (Å²) < 4.78 is 11.5. The third-order valence-corrected chi connectivity index (χ3v) is 4.53. The van der Waals surface area contributed by atoms with E-state index in [2.05, 4.69) is 4.99 Å². The van der Waals surface area contributed by atoms with Gasteiger partial charge in [-0.3, -0.25) is 4.99 Å². The van der Waals surface area contributed by atoms with Crippen LogP contribution in [0.25, 0.3) is 0 Å². The molecule has 3 rings (SSSR count). The molecule has 0 aliphatic heterocycles. The van der Waals surface area contributed by atoms with Gasteiger partial charge in [-0.1, -0.05) is 18.2 Å². The van der Waals surface area contributed by atoms with Gasteiger partial charge in [-0.15, -0.1) is 0 Å². The number of aromatic carboxylic acids is 1. The van der Waals surface area contributed by atoms with Crippen molar-refractivity contribution < 1.29 is 19.4 Å². The first-order chi connectivity index (χ1) is 14.5. The van der Waals surface area contributed by atoms with E-state index in [0.717, 1.165) is 22.5 Å². The van der Waals surface area contributed by atoms with Crippen molar-refractivity contribution in [3.05, 3.63) is 83.4 Å². The van der Waals surface area contributed by atoms with E-state index in [1.165, 1.54) is 0 Å². The molecule has 1 N–H and O–H groups in total. The standard InChI is InChI=1S/C24H24N2O4/c1-26(2)21-13-11-20(12-14-21)25-15-19-5-4-6-22(29-3)23(19)30-16-17-7-9-18(10-8-17)24(27)28/h4-15H,16H2,1-3H3,(H,27,28). The topological polar surface area (TPSA) is 71.4 Å². The largest absolute Gasteiger partial charge is 0.493 e. The molecule has 0 amide bonds. The number of hydrogen-bond donors (Lipinski definition) is 1. The van der Waals surface area contributed by atoms with Crippen molar-refractivity contribution in [1.82, 2.24) is 0 Å². The molecule has 0 aromatic heterocycles. The smallest absolute Gasteiger partial charge is 0.335 e. The lowest BCUT2D eigenvalue weighted by Gasteiger charge is -2.13. The van der Waals surface area contributed by atoms with Gasteiger partial charge in [0.15, 0.2) is 11.5 Å². The molecule has 0 saturated heterocycles. The minimum absolute atomic E-state index is 0.240. The number of ether oxygens (including phenoxy) is 2. The second kappa shape index (κ2) is 9.60. The fraction of sp³-hybridized carbons (Fsp3) is 0.167. The molecule has 3 aromatic carbocycles. The van der Waals surface area contributed by atoms with Crippen LogP contribution < -0.4 is 14.4 Å². The molecule has 154 valence electrons. The van der Waals surface area contributed by atoms with Crippen LogP contribution in [0.5, 0.6) is 11.5 Å². The van der Waals surface area contributed by atoms with Crippen molar-refractivity contribution in [2.24, 2.45) is 4.99 Å². The van der Waals surface area contributed by atoms with Crippen LogP contribution in [0, 0.1) is 0 Å². The molecule has 0 aliphatic carbocycles. The normalized spacial score (nSPS) is 10.8. The van der Waals surface area contributed by atoms with Crippen molar-refractivity contribution in [2.45, 2.75) is 6.61 Å². The van der Waals surface area contributed by atoms with E-state index >= 15 is 0 Å². The summed E-state index contributed by atoms with van der Waals surface area (Å²) in [6.07, 6.45) is 1.75. The average Bonchev–Trinajstić information content (AvgIpc) is 2.76. The summed E-state index contributed by atoms with van der Waals surface area (Å²) in [6.45, 7) is 0.276. The summed E-state index contributed by atoms with van der Waals surface area (Å²) in [5.74, 6) is 0.226. The molecular weight excluding hydrogens is 380 g/mol. The van der Waals surface area contributed by atoms with Crippen molar-refractivity contribution >= 4 is 23.6 Å². The Bertz CT molecular complexity index is 1030. The van der Waals surface area contributed by atoms with E-state index < -0.39 is 5.97 Å². The van der Waals surface area contributed by atoms with Crippen LogP contribution >= 0.6 is 0 Å². The van der Waals surface area contributed by atoms with Crippen molar-refractivity contribution in [1.29, 1.82) is 0 Å². The Morgan fingerprint density at radius 3 is 2.33 bits per heavy atom. The zero-order valence-electron chi connectivity index (χ0n) is 17.2. The molecule has 0 bridgehead atoms. The number of nitrogens with zero attached hydrogens (tertiary/aromatic N) is 2. The third kappa shape index (κ3) is 5.17. The highest BCUT2D eigenvalue weighted by Gasteiger charge is 2.10. The minimum Gasteiger partial charge on any atom is -0.493 e. The SMILES string of the molecule is COc1cccc(C=Nc2ccc(N(C)C)cc2)c1OCc1ccc(C(=O)O)cc1. The maximum atomic E-state index is 11.0. The molecular formula is C24H24N2O4. The number of anilines is 1. The monoisotopic (exact) mass is 404 g/mol. The Hall–Kier alpha value is -3.80. The van der Waals surface area contributed by atoms with Gasteiger partial charge in [-0.25, -0.2) is 4.79 Å². The molecule has 0 spiro atoms. The lowest BCUT2D eigenvalue weighted by Crippen LogP contribution is -2.07. The van der Waals surface area contributed by atoms with E-state index in [1.54, 1.807) is 37.6 Å². The van der Waals surface area contributed by atoms with Crippen LogP contribution in [0.4, 0.5) is 11.4 Å². The number of hydrogen-bond acceptors (Lipinski definition) is 5. The van der Waals surface area contributed by atoms with Gasteiger partial charge in [-0.2, -0.15) is 0 Å². The molecule has 0 saturated carbocycles. The number of methoxy groups -OCH3 is 1. The number of benzene rings is 3. The zero-order chi connectivity index (χ0) is 21.5. The molecule has 0 atom stereocenters. The summed E-state index contributed by atoms with van der Waals surface area (Å²) in [5, 5.41) is 9.02. The molecule has 6 heteroatoms. The molecule has 3 aromatic rings. The number of aliphatic imine (C=N–C) groups is 1. The molecule has 6 nitrogen and oxygen atoms in total. The summed E-state index contributed by atoms with van der Waals surface area (Å²) in [7, 11) is 5.57. The van der Waals surface area contributed by atoms with E-state index in [0.29, 0.717) is 11.5 Å². The minimum atomic E-state index is -0.954. The number of para-hydroxylation sites is 1. The third-order valence-electron chi connectivity index (χ3n) is 4.53. The summed E-state index contributed by atoms with van der Waals surface area (Å²) in [4.78, 5) is 17.6. The lowest BCUT2D eigenvalue weighted by molar-refractivity contribution is 0.0697. The number of rotatable bonds is 8. The Kier molecular flexibility index (Phi) is 6.70. The van der Waals surface area contributed by atoms with Crippen molar-refractivity contribution in [2.75, 3.05) is 26.1 Å². The zero-order valence-corrected chi connectivity index (χ0v) is 17.2. The van der Waals surface area contributed by atoms with Gasteiger partial charge in [0.25, 0.3) is 0 Å². The molecule has 0 unspecified atom stereocenters. The fourth-order valence-electron chi connectivity index (χ4n) is 2.83. The summed E-state index contributed by atoms with van der Waals surface area (Å²) >= 11 is 0. The van der Waals surface area contributed by atoms with Gasteiger partial charge >= 0.3 is 5.97 Å². The number of carboxylic acid groups (broad SMARTS) is 1. The maximum Gasteiger partial charge on any atom is 0.335 e. The second-order valence-corrected chi connectivity index (χ2v) is 6.84. The Balaban J connectivity index is 1.79. The molecule has 0 fully saturated rings. The Morgan fingerprint density at radius 1 is 1.03 bits per heavy atom. The van der Waals surface area contributed by atoms with Crippen LogP contribution in [0.2, 0.25) is 0 Å². The number of carbonyl (C=O) groups is 1. The molecule has 30 heavy (non-hydrogen) atoms. The number of carboxylic acids is 1. The van der Waals surface area contributed by atoms with Gasteiger partial charge in [0, 0.05) is 31.6 Å². The highest BCUT2D eigenvalue weighted by molar-refractivity contribution is 5.88. The van der Waals surface area contributed by atoms with Gasteiger partial charge < -0.3 is 19.5 Å². The van der Waals surface area contributed by atoms with Gasteiger partial charge in [0.1, 0.15) is 6.61 Å². The van der Waals surface area contributed by atoms with Crippen molar-refractivity contribution in [3.8, 4) is 11.5 Å². The Labute approximate surface area is 176 Å². The van der Waals surface area contributed by atoms with E-state index in [4.69, 9.17) is 14.6 Å². The van der Waals surface area contributed by atoms with E-state index in [1.807, 2.05) is 61.5 Å². The predicted molar refractivity (Wildman–Crippen MR) is 119 cm³/mol. The summed E-state index contributed by atoms with van der Waals surface area (Å²) in [6, 6.07) is 20.1. The predicted octanol–water partition coefficient (Wildman–Crippen LogP) is 4.79. The highest BCUT2D eigenvalue weighted by atomic mass is 16.5. The maximum absolute atomic E-state index is 11.0. The van der Waals surface area contributed by atoms with Crippen LogP contribution in [-0.2, 0) is 6.61 Å². The van der Waals surface area contributed by atoms with Gasteiger partial charge in [0.2, 0.25) is 0 Å². The lowest BCUT2D eigenvalue weighted by atomic mass is 10.1. The first-order valence-corrected chi connectivity index (χ1v) is 9.41. The first-order valence-electron chi connectivity index (χ1n) is 9.41. The molecule has 0 aliphatic rings. The molecule has 0 heterocycles. The van der Waals surface area contributed by atoms with Crippen molar-refractivity contribution in [3.63, 3.8) is 0 Å². The summed E-state index contributed by atoms with van der Waals surface area (Å²) in [5.41, 5.74) is 3.82. The van der Waals surface area contributed by atoms with E-state index in [9.17, 15) is 4.79 Å². The Morgan fingerprint density at radius 2 is 1.73 bits per heavy atom. The fourth-order valence-corrected chi connectivity index (χ4v) is 2.83. The van der Waals surface area contributed by atoms with Crippen LogP contribution in [-0.4, -0.2) is 38.5 Å². The molecule has 0 radical (unpaired) electrons. The highest BCUT2D eigenvalue weighted by Crippen LogP contribution is 2.31. The first kappa shape index (κ1) is 20.9. The average molecular weight is 404 g/mol. The van der Waals surface area contributed by atoms with Gasteiger partial charge in [0.05, 0.1) is 18.4 Å². The van der Waals surface area contributed by atoms with Crippen LogP contribution in [0.3, 0.4) is 0 Å².